The molecule has 4 rings (SSSR count). The number of thioether (sulfide) groups is 2. The Hall–Kier alpha value is -2.36. The van der Waals surface area contributed by atoms with Gasteiger partial charge in [0.1, 0.15) is 11.5 Å². The normalized spacial score (nSPS) is 16.8. The summed E-state index contributed by atoms with van der Waals surface area (Å²) in [6.45, 7) is 5.18. The molecule has 1 aliphatic rings. The highest BCUT2D eigenvalue weighted by Gasteiger charge is 2.28. The third kappa shape index (κ3) is 12.7. The minimum atomic E-state index is 0.113. The summed E-state index contributed by atoms with van der Waals surface area (Å²) in [5.41, 5.74) is 3.95. The summed E-state index contributed by atoms with van der Waals surface area (Å²) < 4.78 is 10.5. The van der Waals surface area contributed by atoms with E-state index in [9.17, 15) is 4.79 Å². The van der Waals surface area contributed by atoms with Crippen LogP contribution < -0.4 is 14.8 Å². The van der Waals surface area contributed by atoms with Crippen LogP contribution in [0.4, 0.5) is 0 Å². The van der Waals surface area contributed by atoms with Gasteiger partial charge < -0.3 is 19.7 Å². The Morgan fingerprint density at radius 1 is 0.891 bits per heavy atom. The number of rotatable bonds is 19. The number of carbonyl (C=O) groups excluding carboxylic acids is 1. The van der Waals surface area contributed by atoms with Crippen LogP contribution in [0.5, 0.6) is 11.5 Å². The lowest BCUT2D eigenvalue weighted by molar-refractivity contribution is -0.122. The number of carbonyl (C=O) groups is 1. The van der Waals surface area contributed by atoms with Crippen molar-refractivity contribution in [3.8, 4) is 11.5 Å². The van der Waals surface area contributed by atoms with Crippen LogP contribution in [0.25, 0.3) is 0 Å². The number of nitrogens with one attached hydrogen (secondary N) is 1. The van der Waals surface area contributed by atoms with Crippen molar-refractivity contribution in [1.82, 2.24) is 15.1 Å². The van der Waals surface area contributed by atoms with Gasteiger partial charge in [-0.25, -0.2) is 0 Å². The number of ether oxygens (including phenoxy) is 2. The van der Waals surface area contributed by atoms with Crippen molar-refractivity contribution in [3.05, 3.63) is 94.5 Å². The molecule has 1 N–H and O–H groups in total. The Bertz CT molecular complexity index is 1290. The Morgan fingerprint density at radius 2 is 1.50 bits per heavy atom. The standard InChI is InChI=1S/C37H50ClN3O3S2/c1-40-21-18-36(31-10-12-33(38)13-11-31)32(25-40)5-4-20-41(22-24-46-28-30-8-16-35(44-3)17-9-30)26-37(42)39-19-23-45-27-29-6-14-34(43-2)15-7-29/h6-17,32,36H,4-5,18-28H2,1-3H3,(H,39,42)/t32-,36-/m1/s1. The zero-order valence-corrected chi connectivity index (χ0v) is 30.0. The number of methoxy groups -OCH3 is 2. The molecule has 0 saturated carbocycles. The molecule has 3 aromatic carbocycles. The summed E-state index contributed by atoms with van der Waals surface area (Å²) in [5, 5.41) is 3.96. The molecule has 1 amide bonds. The number of nitrogens with zero attached hydrogens (tertiary/aromatic N) is 2. The molecule has 46 heavy (non-hydrogen) atoms. The van der Waals surface area contributed by atoms with E-state index in [2.05, 4.69) is 58.6 Å². The number of amides is 1. The second-order valence-corrected chi connectivity index (χ2v) is 14.7. The lowest BCUT2D eigenvalue weighted by Gasteiger charge is -2.37. The fourth-order valence-corrected chi connectivity index (χ4v) is 7.95. The number of benzene rings is 3. The Kier molecular flexibility index (Phi) is 15.9. The van der Waals surface area contributed by atoms with E-state index in [0.717, 1.165) is 78.6 Å². The Balaban J connectivity index is 1.25. The first-order valence-corrected chi connectivity index (χ1v) is 19.0. The molecule has 0 unspecified atom stereocenters. The molecule has 1 aliphatic heterocycles. The second-order valence-electron chi connectivity index (χ2n) is 12.0. The summed E-state index contributed by atoms with van der Waals surface area (Å²) in [6.07, 6.45) is 3.40. The molecule has 1 heterocycles. The molecule has 6 nitrogen and oxygen atoms in total. The van der Waals surface area contributed by atoms with Crippen LogP contribution in [0.2, 0.25) is 5.02 Å². The third-order valence-electron chi connectivity index (χ3n) is 8.63. The van der Waals surface area contributed by atoms with Crippen LogP contribution in [-0.4, -0.2) is 87.7 Å². The predicted octanol–water partition coefficient (Wildman–Crippen LogP) is 7.46. The molecule has 0 bridgehead atoms. The molecule has 2 atom stereocenters. The highest BCUT2D eigenvalue weighted by Crippen LogP contribution is 2.36. The fourth-order valence-electron chi connectivity index (χ4n) is 6.04. The lowest BCUT2D eigenvalue weighted by atomic mass is 9.78. The Labute approximate surface area is 289 Å². The van der Waals surface area contributed by atoms with Crippen molar-refractivity contribution in [3.63, 3.8) is 0 Å². The first-order chi connectivity index (χ1) is 22.4. The van der Waals surface area contributed by atoms with E-state index < -0.39 is 0 Å². The maximum atomic E-state index is 13.0. The first-order valence-electron chi connectivity index (χ1n) is 16.3. The smallest absolute Gasteiger partial charge is 0.234 e. The molecule has 0 aromatic heterocycles. The van der Waals surface area contributed by atoms with Gasteiger partial charge in [0.05, 0.1) is 20.8 Å². The van der Waals surface area contributed by atoms with Crippen LogP contribution >= 0.6 is 35.1 Å². The van der Waals surface area contributed by atoms with Gasteiger partial charge in [-0.2, -0.15) is 23.5 Å². The molecule has 9 heteroatoms. The minimum Gasteiger partial charge on any atom is -0.497 e. The molecule has 0 spiro atoms. The summed E-state index contributed by atoms with van der Waals surface area (Å²) in [4.78, 5) is 17.8. The molecular formula is C37H50ClN3O3S2. The molecule has 1 fully saturated rings. The molecule has 0 aliphatic carbocycles. The predicted molar refractivity (Wildman–Crippen MR) is 197 cm³/mol. The first kappa shape index (κ1) is 36.5. The van der Waals surface area contributed by atoms with Crippen LogP contribution in [0.3, 0.4) is 0 Å². The van der Waals surface area contributed by atoms with Crippen molar-refractivity contribution in [2.45, 2.75) is 36.7 Å². The maximum Gasteiger partial charge on any atom is 0.234 e. The summed E-state index contributed by atoms with van der Waals surface area (Å²) in [7, 11) is 5.61. The van der Waals surface area contributed by atoms with E-state index in [-0.39, 0.29) is 5.91 Å². The number of hydrogen-bond donors (Lipinski definition) is 1. The van der Waals surface area contributed by atoms with Gasteiger partial charge in [-0.3, -0.25) is 9.69 Å². The highest BCUT2D eigenvalue weighted by molar-refractivity contribution is 7.98. The van der Waals surface area contributed by atoms with Crippen LogP contribution in [0.1, 0.15) is 41.9 Å². The van der Waals surface area contributed by atoms with Crippen LogP contribution in [0, 0.1) is 5.92 Å². The van der Waals surface area contributed by atoms with Gasteiger partial charge in [-0.1, -0.05) is 48.0 Å². The van der Waals surface area contributed by atoms with Crippen LogP contribution in [0.15, 0.2) is 72.8 Å². The van der Waals surface area contributed by atoms with E-state index in [1.165, 1.54) is 23.1 Å². The van der Waals surface area contributed by atoms with Crippen molar-refractivity contribution in [2.24, 2.45) is 5.92 Å². The number of halogens is 1. The number of hydrogen-bond acceptors (Lipinski definition) is 7. The largest absolute Gasteiger partial charge is 0.497 e. The van der Waals surface area contributed by atoms with Gasteiger partial charge in [-0.05, 0) is 104 Å². The van der Waals surface area contributed by atoms with E-state index in [4.69, 9.17) is 21.1 Å². The van der Waals surface area contributed by atoms with Gasteiger partial charge in [0, 0.05) is 47.7 Å². The fraction of sp³-hybridized carbons (Fsp3) is 0.486. The third-order valence-corrected chi connectivity index (χ3v) is 10.9. The Morgan fingerprint density at radius 3 is 2.11 bits per heavy atom. The molecule has 250 valence electrons. The zero-order valence-electron chi connectivity index (χ0n) is 27.6. The summed E-state index contributed by atoms with van der Waals surface area (Å²) in [6, 6.07) is 24.9. The van der Waals surface area contributed by atoms with Crippen LogP contribution in [-0.2, 0) is 16.3 Å². The monoisotopic (exact) mass is 683 g/mol. The number of likely N-dealkylation sites (tertiary alicyclic amines) is 1. The quantitative estimate of drug-likeness (QED) is 0.132. The molecule has 1 saturated heterocycles. The molecule has 3 aromatic rings. The zero-order chi connectivity index (χ0) is 32.6. The second kappa shape index (κ2) is 20.1. The van der Waals surface area contributed by atoms with Crippen molar-refractivity contribution < 1.29 is 14.3 Å². The van der Waals surface area contributed by atoms with Gasteiger partial charge in [-0.15, -0.1) is 0 Å². The van der Waals surface area contributed by atoms with Crippen molar-refractivity contribution in [1.29, 1.82) is 0 Å². The number of piperidine rings is 1. The average Bonchev–Trinajstić information content (AvgIpc) is 3.07. The van der Waals surface area contributed by atoms with E-state index in [0.29, 0.717) is 24.9 Å². The lowest BCUT2D eigenvalue weighted by Crippen LogP contribution is -2.40. The van der Waals surface area contributed by atoms with E-state index in [1.54, 1.807) is 14.2 Å². The van der Waals surface area contributed by atoms with Gasteiger partial charge in [0.25, 0.3) is 0 Å². The van der Waals surface area contributed by atoms with Crippen molar-refractivity contribution in [2.75, 3.05) is 72.0 Å². The highest BCUT2D eigenvalue weighted by atomic mass is 35.5. The average molecular weight is 684 g/mol. The van der Waals surface area contributed by atoms with Gasteiger partial charge in [0.2, 0.25) is 5.91 Å². The van der Waals surface area contributed by atoms with Crippen molar-refractivity contribution >= 4 is 41.0 Å². The summed E-state index contributed by atoms with van der Waals surface area (Å²) in [5.74, 6) is 6.76. The SMILES string of the molecule is COc1ccc(CSCCNC(=O)CN(CCC[C@@H]2CN(C)CC[C@@H]2c2ccc(Cl)cc2)CCSCc2ccc(OC)cc2)cc1. The van der Waals surface area contributed by atoms with Gasteiger partial charge >= 0.3 is 0 Å². The van der Waals surface area contributed by atoms with E-state index in [1.807, 2.05) is 59.9 Å². The topological polar surface area (TPSA) is 54.0 Å². The molecular weight excluding hydrogens is 634 g/mol. The summed E-state index contributed by atoms with van der Waals surface area (Å²) >= 11 is 9.95. The molecule has 0 radical (unpaired) electrons. The maximum absolute atomic E-state index is 13.0. The minimum absolute atomic E-state index is 0.113. The van der Waals surface area contributed by atoms with Gasteiger partial charge in [0.15, 0.2) is 0 Å². The van der Waals surface area contributed by atoms with E-state index >= 15 is 0 Å².